The Balaban J connectivity index is 1.71. The number of carbonyl (C=O) groups excluding carboxylic acids is 1. The molecule has 0 radical (unpaired) electrons. The fourth-order valence-electron chi connectivity index (χ4n) is 3.95. The lowest BCUT2D eigenvalue weighted by atomic mass is 9.96. The van der Waals surface area contributed by atoms with Crippen molar-refractivity contribution in [3.8, 4) is 0 Å². The molecule has 0 saturated heterocycles. The highest BCUT2D eigenvalue weighted by Crippen LogP contribution is 2.36. The molecule has 0 spiro atoms. The van der Waals surface area contributed by atoms with E-state index in [1.807, 2.05) is 30.6 Å². The van der Waals surface area contributed by atoms with Crippen LogP contribution in [0.2, 0.25) is 0 Å². The van der Waals surface area contributed by atoms with Crippen LogP contribution in [0.1, 0.15) is 30.3 Å². The van der Waals surface area contributed by atoms with Crippen LogP contribution in [0.25, 0.3) is 11.0 Å². The van der Waals surface area contributed by atoms with E-state index in [9.17, 15) is 4.79 Å². The van der Waals surface area contributed by atoms with Crippen molar-refractivity contribution in [3.63, 3.8) is 0 Å². The van der Waals surface area contributed by atoms with Crippen LogP contribution in [0.4, 0.5) is 10.5 Å². The van der Waals surface area contributed by atoms with Gasteiger partial charge in [-0.25, -0.2) is 9.78 Å². The number of hydrogen-bond acceptors (Lipinski definition) is 4. The quantitative estimate of drug-likeness (QED) is 0.712. The Morgan fingerprint density at radius 1 is 1.22 bits per heavy atom. The van der Waals surface area contributed by atoms with Crippen LogP contribution >= 0.6 is 0 Å². The minimum Gasteiger partial charge on any atom is -0.452 e. The topological polar surface area (TPSA) is 60.2 Å². The summed E-state index contributed by atoms with van der Waals surface area (Å²) < 4.78 is 7.17. The van der Waals surface area contributed by atoms with Gasteiger partial charge in [-0.05, 0) is 56.0 Å². The number of amides is 1. The summed E-state index contributed by atoms with van der Waals surface area (Å²) in [6, 6.07) is 8.29. The minimum absolute atomic E-state index is 0.122. The molecule has 3 aromatic rings. The number of nitrogens with zero attached hydrogens (tertiary/aromatic N) is 4. The lowest BCUT2D eigenvalue weighted by Crippen LogP contribution is -2.42. The number of imidazole rings is 1. The third kappa shape index (κ3) is 3.05. The number of aryl methyl sites for hydroxylation is 4. The van der Waals surface area contributed by atoms with E-state index in [1.54, 1.807) is 4.90 Å². The van der Waals surface area contributed by atoms with Gasteiger partial charge in [-0.3, -0.25) is 9.88 Å². The van der Waals surface area contributed by atoms with Crippen LogP contribution in [0, 0.1) is 0 Å². The molecule has 1 aliphatic heterocycles. The number of hydrogen-bond donors (Lipinski definition) is 0. The highest BCUT2D eigenvalue weighted by molar-refractivity contribution is 5.95. The third-order valence-corrected chi connectivity index (χ3v) is 5.50. The van der Waals surface area contributed by atoms with Crippen LogP contribution < -0.4 is 4.90 Å². The van der Waals surface area contributed by atoms with Gasteiger partial charge in [-0.15, -0.1) is 0 Å². The summed E-state index contributed by atoms with van der Waals surface area (Å²) in [6.07, 6.45) is 6.95. The second-order valence-corrected chi connectivity index (χ2v) is 7.10. The summed E-state index contributed by atoms with van der Waals surface area (Å²) in [5.74, 6) is 1.05. The van der Waals surface area contributed by atoms with Gasteiger partial charge in [0.1, 0.15) is 5.82 Å². The van der Waals surface area contributed by atoms with Gasteiger partial charge in [-0.2, -0.15) is 0 Å². The highest BCUT2D eigenvalue weighted by atomic mass is 16.5. The molecule has 4 rings (SSSR count). The molecular weight excluding hydrogens is 340 g/mol. The Morgan fingerprint density at radius 3 is 2.74 bits per heavy atom. The van der Waals surface area contributed by atoms with Crippen LogP contribution in [-0.4, -0.2) is 33.8 Å². The second kappa shape index (κ2) is 7.02. The van der Waals surface area contributed by atoms with Gasteiger partial charge < -0.3 is 9.30 Å². The molecule has 0 unspecified atom stereocenters. The Labute approximate surface area is 158 Å². The maximum absolute atomic E-state index is 12.3. The zero-order chi connectivity index (χ0) is 19.0. The van der Waals surface area contributed by atoms with Gasteiger partial charge in [0, 0.05) is 37.5 Å². The van der Waals surface area contributed by atoms with Crippen LogP contribution in [-0.2, 0) is 31.0 Å². The predicted molar refractivity (Wildman–Crippen MR) is 105 cm³/mol. The molecule has 2 aromatic heterocycles. The van der Waals surface area contributed by atoms with Crippen LogP contribution in [0.3, 0.4) is 0 Å². The van der Waals surface area contributed by atoms with Crippen LogP contribution in [0.15, 0.2) is 36.7 Å². The number of fused-ring (bicyclic) bond motifs is 3. The number of rotatable bonds is 3. The smallest absolute Gasteiger partial charge is 0.414 e. The van der Waals surface area contributed by atoms with Gasteiger partial charge in [0.2, 0.25) is 0 Å². The molecule has 6 nitrogen and oxygen atoms in total. The molecule has 1 aromatic carbocycles. The van der Waals surface area contributed by atoms with E-state index >= 15 is 0 Å². The summed E-state index contributed by atoms with van der Waals surface area (Å²) in [5.41, 5.74) is 5.43. The van der Waals surface area contributed by atoms with Crippen molar-refractivity contribution in [2.75, 3.05) is 12.0 Å². The molecule has 27 heavy (non-hydrogen) atoms. The molecule has 0 aliphatic carbocycles. The van der Waals surface area contributed by atoms with Gasteiger partial charge in [0.05, 0.1) is 23.8 Å². The average Bonchev–Trinajstić information content (AvgIpc) is 3.02. The molecule has 140 valence electrons. The van der Waals surface area contributed by atoms with Gasteiger partial charge in [-0.1, -0.05) is 0 Å². The molecular formula is C21H24N4O2. The zero-order valence-corrected chi connectivity index (χ0v) is 16.0. The first-order valence-electron chi connectivity index (χ1n) is 9.33. The van der Waals surface area contributed by atoms with Crippen molar-refractivity contribution in [1.29, 1.82) is 0 Å². The lowest BCUT2D eigenvalue weighted by molar-refractivity contribution is 0.175. The Hall–Kier alpha value is -2.89. The first kappa shape index (κ1) is 17.5. The maximum atomic E-state index is 12.3. The van der Waals surface area contributed by atoms with Gasteiger partial charge >= 0.3 is 6.09 Å². The normalized spacial score (nSPS) is 16.4. The van der Waals surface area contributed by atoms with Crippen molar-refractivity contribution >= 4 is 22.8 Å². The first-order chi connectivity index (χ1) is 13.1. The molecule has 0 saturated carbocycles. The number of aromatic nitrogens is 3. The summed E-state index contributed by atoms with van der Waals surface area (Å²) >= 11 is 0. The number of benzene rings is 1. The molecule has 3 heterocycles. The SMILES string of the molecule is COC(=O)N1c2ccc3c(nc(CCc4ccncc4)n3C)c2CC[C@@H]1C. The summed E-state index contributed by atoms with van der Waals surface area (Å²) in [7, 11) is 3.49. The monoisotopic (exact) mass is 364 g/mol. The van der Waals surface area contributed by atoms with E-state index in [4.69, 9.17) is 9.72 Å². The molecule has 1 atom stereocenters. The Morgan fingerprint density at radius 2 is 2.00 bits per heavy atom. The standard InChI is InChI=1S/C21H24N4O2/c1-14-4-6-16-17(25(14)21(26)27-3)7-8-18-20(16)23-19(24(18)2)9-5-15-10-12-22-13-11-15/h7-8,10-14H,4-6,9H2,1-3H3/t14-/m0/s1. The van der Waals surface area contributed by atoms with E-state index in [0.717, 1.165) is 53.8 Å². The van der Waals surface area contributed by atoms with Crippen molar-refractivity contribution in [1.82, 2.24) is 14.5 Å². The fraction of sp³-hybridized carbons (Fsp3) is 0.381. The molecule has 1 amide bonds. The molecule has 0 N–H and O–H groups in total. The van der Waals surface area contributed by atoms with Gasteiger partial charge in [0.15, 0.2) is 0 Å². The van der Waals surface area contributed by atoms with E-state index in [-0.39, 0.29) is 12.1 Å². The Bertz CT molecular complexity index is 981. The van der Waals surface area contributed by atoms with E-state index < -0.39 is 0 Å². The predicted octanol–water partition coefficient (Wildman–Crippen LogP) is 3.66. The third-order valence-electron chi connectivity index (χ3n) is 5.50. The molecule has 6 heteroatoms. The van der Waals surface area contributed by atoms with E-state index in [2.05, 4.69) is 29.6 Å². The van der Waals surface area contributed by atoms with E-state index in [1.165, 1.54) is 12.7 Å². The number of pyridine rings is 1. The van der Waals surface area contributed by atoms with Crippen molar-refractivity contribution < 1.29 is 9.53 Å². The van der Waals surface area contributed by atoms with Crippen molar-refractivity contribution in [2.24, 2.45) is 7.05 Å². The van der Waals surface area contributed by atoms with E-state index in [0.29, 0.717) is 0 Å². The zero-order valence-electron chi connectivity index (χ0n) is 16.0. The highest BCUT2D eigenvalue weighted by Gasteiger charge is 2.31. The number of anilines is 1. The average molecular weight is 364 g/mol. The van der Waals surface area contributed by atoms with Crippen molar-refractivity contribution in [2.45, 2.75) is 38.6 Å². The van der Waals surface area contributed by atoms with Crippen LogP contribution in [0.5, 0.6) is 0 Å². The lowest BCUT2D eigenvalue weighted by Gasteiger charge is -2.34. The summed E-state index contributed by atoms with van der Waals surface area (Å²) in [5, 5.41) is 0. The second-order valence-electron chi connectivity index (χ2n) is 7.10. The summed E-state index contributed by atoms with van der Waals surface area (Å²) in [4.78, 5) is 23.1. The number of methoxy groups -OCH3 is 1. The summed E-state index contributed by atoms with van der Waals surface area (Å²) in [6.45, 7) is 2.06. The van der Waals surface area contributed by atoms with Crippen molar-refractivity contribution in [3.05, 3.63) is 53.6 Å². The number of carbonyl (C=O) groups is 1. The van der Waals surface area contributed by atoms with Gasteiger partial charge in [0.25, 0.3) is 0 Å². The molecule has 1 aliphatic rings. The maximum Gasteiger partial charge on any atom is 0.414 e. The Kier molecular flexibility index (Phi) is 4.56. The molecule has 0 fully saturated rings. The fourth-order valence-corrected chi connectivity index (χ4v) is 3.95. The largest absolute Gasteiger partial charge is 0.452 e. The first-order valence-corrected chi connectivity index (χ1v) is 9.33. The minimum atomic E-state index is -0.309. The molecule has 0 bridgehead atoms. The number of ether oxygens (including phenoxy) is 1.